The van der Waals surface area contributed by atoms with Gasteiger partial charge in [0, 0.05) is 17.8 Å². The predicted molar refractivity (Wildman–Crippen MR) is 88.3 cm³/mol. The fraction of sp³-hybridized carbons (Fsp3) is 0.125. The lowest BCUT2D eigenvalue weighted by Gasteiger charge is -2.03. The lowest BCUT2D eigenvalue weighted by Crippen LogP contribution is -1.98. The van der Waals surface area contributed by atoms with Gasteiger partial charge in [0.25, 0.3) is 5.69 Å². The maximum atomic E-state index is 10.6. The van der Waals surface area contributed by atoms with Gasteiger partial charge in [-0.3, -0.25) is 15.2 Å². The van der Waals surface area contributed by atoms with Gasteiger partial charge in [-0.25, -0.2) is 0 Å². The second-order valence-corrected chi connectivity index (χ2v) is 5.14. The summed E-state index contributed by atoms with van der Waals surface area (Å²) in [6.45, 7) is 2.20. The van der Waals surface area contributed by atoms with Gasteiger partial charge in [-0.15, -0.1) is 5.10 Å². The molecule has 0 bridgehead atoms. The molecule has 3 rings (SSSR count). The van der Waals surface area contributed by atoms with E-state index in [-0.39, 0.29) is 12.3 Å². The summed E-state index contributed by atoms with van der Waals surface area (Å²) in [7, 11) is 0. The summed E-state index contributed by atoms with van der Waals surface area (Å²) in [5.41, 5.74) is 2.08. The van der Waals surface area contributed by atoms with Crippen molar-refractivity contribution in [2.75, 3.05) is 5.32 Å². The van der Waals surface area contributed by atoms with Crippen LogP contribution in [0.5, 0.6) is 5.75 Å². The van der Waals surface area contributed by atoms with Gasteiger partial charge in [0.1, 0.15) is 12.4 Å². The van der Waals surface area contributed by atoms with Crippen molar-refractivity contribution in [3.8, 4) is 5.75 Å². The molecule has 0 saturated carbocycles. The first kappa shape index (κ1) is 15.5. The van der Waals surface area contributed by atoms with Gasteiger partial charge in [-0.05, 0) is 31.2 Å². The largest absolute Gasteiger partial charge is 0.486 e. The third kappa shape index (κ3) is 3.86. The Bertz CT molecular complexity index is 828. The Labute approximate surface area is 137 Å². The van der Waals surface area contributed by atoms with E-state index in [1.54, 1.807) is 12.1 Å². The van der Waals surface area contributed by atoms with E-state index >= 15 is 0 Å². The molecule has 2 aromatic carbocycles. The number of H-pyrrole nitrogens is 1. The van der Waals surface area contributed by atoms with Gasteiger partial charge in [-0.1, -0.05) is 17.7 Å². The van der Waals surface area contributed by atoms with E-state index in [0.29, 0.717) is 17.5 Å². The molecule has 0 amide bonds. The fourth-order valence-electron chi connectivity index (χ4n) is 2.00. The summed E-state index contributed by atoms with van der Waals surface area (Å²) in [6, 6.07) is 13.7. The Morgan fingerprint density at radius 3 is 2.54 bits per heavy atom. The lowest BCUT2D eigenvalue weighted by molar-refractivity contribution is -0.384. The van der Waals surface area contributed by atoms with E-state index in [0.717, 1.165) is 5.69 Å². The van der Waals surface area contributed by atoms with Crippen LogP contribution in [-0.4, -0.2) is 20.1 Å². The minimum atomic E-state index is -0.455. The lowest BCUT2D eigenvalue weighted by atomic mass is 10.2. The SMILES string of the molecule is Cc1ccc(Nc2n[nH]c(COc3ccc([N+](=O)[O-])cc3)n2)cc1. The van der Waals surface area contributed by atoms with Crippen LogP contribution >= 0.6 is 0 Å². The van der Waals surface area contributed by atoms with Crippen molar-refractivity contribution in [1.82, 2.24) is 15.2 Å². The van der Waals surface area contributed by atoms with Crippen molar-refractivity contribution >= 4 is 17.3 Å². The smallest absolute Gasteiger partial charge is 0.269 e. The van der Waals surface area contributed by atoms with Crippen LogP contribution < -0.4 is 10.1 Å². The molecule has 0 atom stereocenters. The number of non-ortho nitro benzene ring substituents is 1. The highest BCUT2D eigenvalue weighted by molar-refractivity contribution is 5.53. The minimum Gasteiger partial charge on any atom is -0.486 e. The molecule has 0 fully saturated rings. The molecule has 1 aromatic heterocycles. The molecule has 2 N–H and O–H groups in total. The highest BCUT2D eigenvalue weighted by Gasteiger charge is 2.07. The molecule has 122 valence electrons. The van der Waals surface area contributed by atoms with Crippen molar-refractivity contribution < 1.29 is 9.66 Å². The number of nitrogens with one attached hydrogen (secondary N) is 2. The quantitative estimate of drug-likeness (QED) is 0.532. The van der Waals surface area contributed by atoms with E-state index in [1.165, 1.54) is 17.7 Å². The molecule has 0 unspecified atom stereocenters. The molecule has 3 aromatic rings. The molecule has 0 radical (unpaired) electrons. The second kappa shape index (κ2) is 6.78. The number of anilines is 2. The number of ether oxygens (including phenoxy) is 1. The summed E-state index contributed by atoms with van der Waals surface area (Å²) in [6.07, 6.45) is 0. The molecule has 8 heteroatoms. The van der Waals surface area contributed by atoms with Crippen LogP contribution in [0.25, 0.3) is 0 Å². The average Bonchev–Trinajstić information content (AvgIpc) is 3.03. The van der Waals surface area contributed by atoms with Crippen molar-refractivity contribution in [3.63, 3.8) is 0 Å². The summed E-state index contributed by atoms with van der Waals surface area (Å²) < 4.78 is 5.52. The number of benzene rings is 2. The Morgan fingerprint density at radius 2 is 1.88 bits per heavy atom. The fourth-order valence-corrected chi connectivity index (χ4v) is 2.00. The number of aryl methyl sites for hydroxylation is 1. The van der Waals surface area contributed by atoms with Gasteiger partial charge in [-0.2, -0.15) is 4.98 Å². The zero-order valence-electron chi connectivity index (χ0n) is 12.9. The van der Waals surface area contributed by atoms with Crippen LogP contribution in [0.1, 0.15) is 11.4 Å². The number of nitro groups is 1. The van der Waals surface area contributed by atoms with Crippen molar-refractivity contribution in [3.05, 3.63) is 70.0 Å². The van der Waals surface area contributed by atoms with Crippen molar-refractivity contribution in [2.24, 2.45) is 0 Å². The maximum absolute atomic E-state index is 10.6. The Balaban J connectivity index is 1.57. The zero-order valence-corrected chi connectivity index (χ0v) is 12.9. The third-order valence-electron chi connectivity index (χ3n) is 3.26. The zero-order chi connectivity index (χ0) is 16.9. The van der Waals surface area contributed by atoms with Crippen LogP contribution in [0.2, 0.25) is 0 Å². The van der Waals surface area contributed by atoms with Crippen LogP contribution in [0.4, 0.5) is 17.3 Å². The predicted octanol–water partition coefficient (Wildman–Crippen LogP) is 3.34. The summed E-state index contributed by atoms with van der Waals surface area (Å²) >= 11 is 0. The molecule has 0 aliphatic carbocycles. The molecule has 0 spiro atoms. The first-order chi connectivity index (χ1) is 11.6. The molecule has 1 heterocycles. The highest BCUT2D eigenvalue weighted by atomic mass is 16.6. The summed E-state index contributed by atoms with van der Waals surface area (Å²) in [4.78, 5) is 14.4. The molecule has 0 saturated heterocycles. The Morgan fingerprint density at radius 1 is 1.17 bits per heavy atom. The maximum Gasteiger partial charge on any atom is 0.269 e. The molecule has 8 nitrogen and oxygen atoms in total. The average molecular weight is 325 g/mol. The van der Waals surface area contributed by atoms with Crippen LogP contribution in [0.3, 0.4) is 0 Å². The van der Waals surface area contributed by atoms with Gasteiger partial charge < -0.3 is 10.1 Å². The standard InChI is InChI=1S/C16H15N5O3/c1-11-2-4-12(5-3-11)17-16-18-15(19-20-16)10-24-14-8-6-13(7-9-14)21(22)23/h2-9H,10H2,1H3,(H2,17,18,19,20). The van der Waals surface area contributed by atoms with Crippen molar-refractivity contribution in [2.45, 2.75) is 13.5 Å². The second-order valence-electron chi connectivity index (χ2n) is 5.14. The number of hydrogen-bond donors (Lipinski definition) is 2. The van der Waals surface area contributed by atoms with Crippen LogP contribution in [0, 0.1) is 17.0 Å². The topological polar surface area (TPSA) is 106 Å². The van der Waals surface area contributed by atoms with E-state index < -0.39 is 4.92 Å². The molecule has 0 aliphatic heterocycles. The van der Waals surface area contributed by atoms with E-state index in [1.807, 2.05) is 31.2 Å². The summed E-state index contributed by atoms with van der Waals surface area (Å²) in [5.74, 6) is 1.51. The monoisotopic (exact) mass is 325 g/mol. The number of nitrogens with zero attached hydrogens (tertiary/aromatic N) is 3. The van der Waals surface area contributed by atoms with Gasteiger partial charge in [0.05, 0.1) is 4.92 Å². The molecular weight excluding hydrogens is 310 g/mol. The van der Waals surface area contributed by atoms with E-state index in [4.69, 9.17) is 4.74 Å². The van der Waals surface area contributed by atoms with Crippen LogP contribution in [-0.2, 0) is 6.61 Å². The molecule has 24 heavy (non-hydrogen) atoms. The Hall–Kier alpha value is -3.42. The number of aromatic nitrogens is 3. The Kier molecular flexibility index (Phi) is 4.37. The normalized spacial score (nSPS) is 10.4. The summed E-state index contributed by atoms with van der Waals surface area (Å²) in [5, 5.41) is 20.5. The van der Waals surface area contributed by atoms with Gasteiger partial charge >= 0.3 is 0 Å². The third-order valence-corrected chi connectivity index (χ3v) is 3.26. The number of rotatable bonds is 6. The minimum absolute atomic E-state index is 0.0200. The number of aromatic amines is 1. The number of hydrogen-bond acceptors (Lipinski definition) is 6. The first-order valence-corrected chi connectivity index (χ1v) is 7.22. The molecular formula is C16H15N5O3. The number of nitro benzene ring substituents is 1. The van der Waals surface area contributed by atoms with Crippen LogP contribution in [0.15, 0.2) is 48.5 Å². The molecule has 0 aliphatic rings. The van der Waals surface area contributed by atoms with Crippen molar-refractivity contribution in [1.29, 1.82) is 0 Å². The van der Waals surface area contributed by atoms with Gasteiger partial charge in [0.2, 0.25) is 5.95 Å². The van der Waals surface area contributed by atoms with E-state index in [9.17, 15) is 10.1 Å². The highest BCUT2D eigenvalue weighted by Crippen LogP contribution is 2.18. The first-order valence-electron chi connectivity index (χ1n) is 7.22. The van der Waals surface area contributed by atoms with Gasteiger partial charge in [0.15, 0.2) is 5.82 Å². The van der Waals surface area contributed by atoms with E-state index in [2.05, 4.69) is 20.5 Å².